The first-order valence-electron chi connectivity index (χ1n) is 5.97. The van der Waals surface area contributed by atoms with E-state index in [9.17, 15) is 0 Å². The van der Waals surface area contributed by atoms with Crippen LogP contribution in [0.3, 0.4) is 0 Å². The Morgan fingerprint density at radius 2 is 1.93 bits per heavy atom. The van der Waals surface area contributed by atoms with Crippen molar-refractivity contribution in [3.8, 4) is 0 Å². The summed E-state index contributed by atoms with van der Waals surface area (Å²) in [6.45, 7) is 7.65. The number of aromatic nitrogens is 1. The Bertz CT molecular complexity index is 254. The lowest BCUT2D eigenvalue weighted by molar-refractivity contribution is 0.340. The predicted octanol–water partition coefficient (Wildman–Crippen LogP) is 3.17. The summed E-state index contributed by atoms with van der Waals surface area (Å²) >= 11 is 0. The van der Waals surface area contributed by atoms with Gasteiger partial charge in [-0.1, -0.05) is 39.7 Å². The third-order valence-electron chi connectivity index (χ3n) is 2.95. The van der Waals surface area contributed by atoms with Crippen LogP contribution < -0.4 is 5.32 Å². The van der Waals surface area contributed by atoms with Crippen molar-refractivity contribution in [2.24, 2.45) is 5.92 Å². The second kappa shape index (κ2) is 6.57. The SMILES string of the molecule is CCNC(c1ccccn1)C(CC)CC. The van der Waals surface area contributed by atoms with Gasteiger partial charge in [0, 0.05) is 6.20 Å². The highest BCUT2D eigenvalue weighted by atomic mass is 14.9. The maximum atomic E-state index is 4.45. The Morgan fingerprint density at radius 3 is 2.40 bits per heavy atom. The zero-order valence-electron chi connectivity index (χ0n) is 10.0. The minimum Gasteiger partial charge on any atom is -0.309 e. The summed E-state index contributed by atoms with van der Waals surface area (Å²) in [6, 6.07) is 6.56. The quantitative estimate of drug-likeness (QED) is 0.773. The minimum atomic E-state index is 0.409. The normalized spacial score (nSPS) is 13.1. The average Bonchev–Trinajstić information content (AvgIpc) is 2.30. The maximum Gasteiger partial charge on any atom is 0.0575 e. The third kappa shape index (κ3) is 3.31. The molecule has 1 aromatic rings. The summed E-state index contributed by atoms with van der Waals surface area (Å²) in [7, 11) is 0. The molecule has 0 aliphatic rings. The average molecular weight is 206 g/mol. The molecule has 15 heavy (non-hydrogen) atoms. The highest BCUT2D eigenvalue weighted by molar-refractivity contribution is 5.09. The fourth-order valence-corrected chi connectivity index (χ4v) is 2.05. The molecule has 1 atom stereocenters. The van der Waals surface area contributed by atoms with Crippen LogP contribution >= 0.6 is 0 Å². The van der Waals surface area contributed by atoms with Crippen LogP contribution in [0, 0.1) is 5.92 Å². The molecule has 2 heteroatoms. The molecule has 0 aliphatic heterocycles. The molecule has 2 nitrogen and oxygen atoms in total. The van der Waals surface area contributed by atoms with Crippen LogP contribution in [-0.2, 0) is 0 Å². The maximum absolute atomic E-state index is 4.45. The van der Waals surface area contributed by atoms with E-state index in [0.29, 0.717) is 12.0 Å². The lowest BCUT2D eigenvalue weighted by Crippen LogP contribution is -2.28. The first-order chi connectivity index (χ1) is 7.33. The molecule has 1 aromatic heterocycles. The standard InChI is InChI=1S/C13H22N2/c1-4-11(5-2)13(14-6-3)12-9-7-8-10-15-12/h7-11,13-14H,4-6H2,1-3H3. The van der Waals surface area contributed by atoms with E-state index in [-0.39, 0.29) is 0 Å². The smallest absolute Gasteiger partial charge is 0.0575 e. The Balaban J connectivity index is 2.81. The van der Waals surface area contributed by atoms with Gasteiger partial charge < -0.3 is 5.32 Å². The van der Waals surface area contributed by atoms with Gasteiger partial charge in [0.2, 0.25) is 0 Å². The predicted molar refractivity (Wildman–Crippen MR) is 64.7 cm³/mol. The van der Waals surface area contributed by atoms with Gasteiger partial charge in [-0.3, -0.25) is 4.98 Å². The first kappa shape index (κ1) is 12.2. The Labute approximate surface area is 93.1 Å². The number of nitrogens with zero attached hydrogens (tertiary/aromatic N) is 1. The van der Waals surface area contributed by atoms with Crippen molar-refractivity contribution in [1.82, 2.24) is 10.3 Å². The molecule has 1 N–H and O–H groups in total. The fourth-order valence-electron chi connectivity index (χ4n) is 2.05. The lowest BCUT2D eigenvalue weighted by atomic mass is 9.91. The van der Waals surface area contributed by atoms with E-state index in [1.165, 1.54) is 18.5 Å². The van der Waals surface area contributed by atoms with Crippen LogP contribution in [0.1, 0.15) is 45.3 Å². The second-order valence-electron chi connectivity index (χ2n) is 3.87. The number of hydrogen-bond donors (Lipinski definition) is 1. The zero-order valence-corrected chi connectivity index (χ0v) is 10.0. The number of nitrogens with one attached hydrogen (secondary N) is 1. The molecule has 1 rings (SSSR count). The van der Waals surface area contributed by atoms with Crippen LogP contribution in [0.4, 0.5) is 0 Å². The van der Waals surface area contributed by atoms with Gasteiger partial charge in [0.15, 0.2) is 0 Å². The first-order valence-corrected chi connectivity index (χ1v) is 5.97. The molecule has 1 heterocycles. The summed E-state index contributed by atoms with van der Waals surface area (Å²) in [6.07, 6.45) is 4.28. The molecule has 1 unspecified atom stereocenters. The van der Waals surface area contributed by atoms with Gasteiger partial charge in [0.25, 0.3) is 0 Å². The van der Waals surface area contributed by atoms with Crippen molar-refractivity contribution >= 4 is 0 Å². The van der Waals surface area contributed by atoms with E-state index < -0.39 is 0 Å². The molecule has 0 fully saturated rings. The Kier molecular flexibility index (Phi) is 5.33. The van der Waals surface area contributed by atoms with Crippen LogP contribution in [0.25, 0.3) is 0 Å². The van der Waals surface area contributed by atoms with Crippen molar-refractivity contribution in [3.05, 3.63) is 30.1 Å². The second-order valence-corrected chi connectivity index (χ2v) is 3.87. The lowest BCUT2D eigenvalue weighted by Gasteiger charge is -2.25. The Morgan fingerprint density at radius 1 is 1.20 bits per heavy atom. The summed E-state index contributed by atoms with van der Waals surface area (Å²) in [4.78, 5) is 4.45. The van der Waals surface area contributed by atoms with Crippen molar-refractivity contribution in [1.29, 1.82) is 0 Å². The van der Waals surface area contributed by atoms with Crippen LogP contribution in [0.2, 0.25) is 0 Å². The van der Waals surface area contributed by atoms with Gasteiger partial charge in [-0.05, 0) is 24.6 Å². The van der Waals surface area contributed by atoms with Gasteiger partial charge >= 0.3 is 0 Å². The molecular weight excluding hydrogens is 184 g/mol. The molecule has 0 saturated heterocycles. The summed E-state index contributed by atoms with van der Waals surface area (Å²) in [5, 5.41) is 3.54. The van der Waals surface area contributed by atoms with Crippen molar-refractivity contribution < 1.29 is 0 Å². The largest absolute Gasteiger partial charge is 0.309 e. The highest BCUT2D eigenvalue weighted by Gasteiger charge is 2.19. The number of rotatable bonds is 6. The van der Waals surface area contributed by atoms with Gasteiger partial charge in [-0.15, -0.1) is 0 Å². The summed E-state index contributed by atoms with van der Waals surface area (Å²) < 4.78 is 0. The van der Waals surface area contributed by atoms with Crippen LogP contribution in [0.15, 0.2) is 24.4 Å². The van der Waals surface area contributed by atoms with Crippen LogP contribution in [0.5, 0.6) is 0 Å². The number of hydrogen-bond acceptors (Lipinski definition) is 2. The molecular formula is C13H22N2. The van der Waals surface area contributed by atoms with Crippen molar-refractivity contribution in [3.63, 3.8) is 0 Å². The molecule has 0 bridgehead atoms. The highest BCUT2D eigenvalue weighted by Crippen LogP contribution is 2.25. The van der Waals surface area contributed by atoms with Gasteiger partial charge in [0.1, 0.15) is 0 Å². The Hall–Kier alpha value is -0.890. The minimum absolute atomic E-state index is 0.409. The monoisotopic (exact) mass is 206 g/mol. The molecule has 0 aliphatic carbocycles. The molecule has 0 aromatic carbocycles. The molecule has 0 spiro atoms. The third-order valence-corrected chi connectivity index (χ3v) is 2.95. The van der Waals surface area contributed by atoms with E-state index in [0.717, 1.165) is 6.54 Å². The topological polar surface area (TPSA) is 24.9 Å². The molecule has 0 amide bonds. The van der Waals surface area contributed by atoms with Gasteiger partial charge in [-0.25, -0.2) is 0 Å². The summed E-state index contributed by atoms with van der Waals surface area (Å²) in [5.74, 6) is 0.680. The van der Waals surface area contributed by atoms with E-state index in [1.807, 2.05) is 12.3 Å². The van der Waals surface area contributed by atoms with Gasteiger partial charge in [0.05, 0.1) is 11.7 Å². The molecule has 0 saturated carbocycles. The zero-order chi connectivity index (χ0) is 11.1. The van der Waals surface area contributed by atoms with Crippen molar-refractivity contribution in [2.45, 2.75) is 39.7 Å². The van der Waals surface area contributed by atoms with E-state index in [4.69, 9.17) is 0 Å². The van der Waals surface area contributed by atoms with Gasteiger partial charge in [-0.2, -0.15) is 0 Å². The fraction of sp³-hybridized carbons (Fsp3) is 0.615. The number of pyridine rings is 1. The molecule has 0 radical (unpaired) electrons. The van der Waals surface area contributed by atoms with E-state index >= 15 is 0 Å². The molecule has 84 valence electrons. The van der Waals surface area contributed by atoms with E-state index in [1.54, 1.807) is 0 Å². The van der Waals surface area contributed by atoms with Crippen molar-refractivity contribution in [2.75, 3.05) is 6.54 Å². The summed E-state index contributed by atoms with van der Waals surface area (Å²) in [5.41, 5.74) is 1.17. The van der Waals surface area contributed by atoms with E-state index in [2.05, 4.69) is 43.2 Å². The van der Waals surface area contributed by atoms with Crippen LogP contribution in [-0.4, -0.2) is 11.5 Å².